The van der Waals surface area contributed by atoms with Gasteiger partial charge in [-0.3, -0.25) is 4.79 Å². The van der Waals surface area contributed by atoms with E-state index in [9.17, 15) is 18.0 Å². The quantitative estimate of drug-likeness (QED) is 0.653. The topological polar surface area (TPSA) is 99.3 Å². The number of piperidine rings is 1. The zero-order chi connectivity index (χ0) is 24.9. The largest absolute Gasteiger partial charge is 0.444 e. The lowest BCUT2D eigenvalue weighted by atomic mass is 9.93. The lowest BCUT2D eigenvalue weighted by Gasteiger charge is -2.33. The van der Waals surface area contributed by atoms with Gasteiger partial charge in [-0.2, -0.15) is 4.31 Å². The summed E-state index contributed by atoms with van der Waals surface area (Å²) in [5, 5.41) is 2.85. The highest BCUT2D eigenvalue weighted by Gasteiger charge is 2.29. The number of amides is 2. The van der Waals surface area contributed by atoms with Gasteiger partial charge in [0.05, 0.1) is 4.90 Å². The standard InChI is InChI=1S/C24H38N4O5S/c1-5-26-13-15-28(16-14-26)34(31,32)21-8-6-7-20(18-21)25-22(29)17-19-9-11-27(12-10-19)23(30)33-24(2,3)4/h6-8,18-19H,5,9-17H2,1-4H3,(H,25,29). The van der Waals surface area contributed by atoms with Crippen molar-refractivity contribution in [3.63, 3.8) is 0 Å². The van der Waals surface area contributed by atoms with Crippen LogP contribution in [0.15, 0.2) is 29.2 Å². The Morgan fingerprint density at radius 3 is 2.29 bits per heavy atom. The van der Waals surface area contributed by atoms with Crippen molar-refractivity contribution in [1.82, 2.24) is 14.1 Å². The summed E-state index contributed by atoms with van der Waals surface area (Å²) < 4.78 is 33.1. The molecule has 2 fully saturated rings. The van der Waals surface area contributed by atoms with Crippen molar-refractivity contribution in [2.75, 3.05) is 51.1 Å². The summed E-state index contributed by atoms with van der Waals surface area (Å²) in [5.74, 6) is 0.0160. The van der Waals surface area contributed by atoms with Crippen LogP contribution in [-0.2, 0) is 19.6 Å². The number of piperazine rings is 1. The third-order valence-electron chi connectivity index (χ3n) is 6.27. The minimum atomic E-state index is -3.60. The van der Waals surface area contributed by atoms with Gasteiger partial charge in [0.25, 0.3) is 0 Å². The molecular formula is C24H38N4O5S. The zero-order valence-corrected chi connectivity index (χ0v) is 21.6. The number of carbonyl (C=O) groups is 2. The number of anilines is 1. The molecule has 0 bridgehead atoms. The highest BCUT2D eigenvalue weighted by Crippen LogP contribution is 2.24. The van der Waals surface area contributed by atoms with Crippen molar-refractivity contribution in [2.45, 2.75) is 57.5 Å². The fourth-order valence-electron chi connectivity index (χ4n) is 4.29. The maximum Gasteiger partial charge on any atom is 0.410 e. The van der Waals surface area contributed by atoms with Gasteiger partial charge < -0.3 is 19.9 Å². The Morgan fingerprint density at radius 1 is 1.06 bits per heavy atom. The molecule has 1 aromatic carbocycles. The number of hydrogen-bond acceptors (Lipinski definition) is 6. The van der Waals surface area contributed by atoms with E-state index in [0.717, 1.165) is 32.5 Å². The van der Waals surface area contributed by atoms with E-state index in [2.05, 4.69) is 17.1 Å². The van der Waals surface area contributed by atoms with E-state index in [-0.39, 0.29) is 22.8 Å². The predicted molar refractivity (Wildman–Crippen MR) is 131 cm³/mol. The van der Waals surface area contributed by atoms with Gasteiger partial charge in [0.1, 0.15) is 5.60 Å². The van der Waals surface area contributed by atoms with Crippen molar-refractivity contribution in [3.8, 4) is 0 Å². The first-order chi connectivity index (χ1) is 16.0. The molecule has 2 heterocycles. The number of rotatable bonds is 6. The van der Waals surface area contributed by atoms with E-state index in [1.807, 2.05) is 20.8 Å². The van der Waals surface area contributed by atoms with Crippen LogP contribution in [-0.4, -0.2) is 85.9 Å². The first-order valence-electron chi connectivity index (χ1n) is 12.1. The number of likely N-dealkylation sites (tertiary alicyclic amines) is 1. The molecule has 2 amide bonds. The minimum absolute atomic E-state index is 0.151. The fourth-order valence-corrected chi connectivity index (χ4v) is 5.76. The Balaban J connectivity index is 1.52. The van der Waals surface area contributed by atoms with Crippen LogP contribution in [0.2, 0.25) is 0 Å². The first-order valence-corrected chi connectivity index (χ1v) is 13.5. The van der Waals surface area contributed by atoms with Crippen molar-refractivity contribution in [1.29, 1.82) is 0 Å². The SMILES string of the molecule is CCN1CCN(S(=O)(=O)c2cccc(NC(=O)CC3CCN(C(=O)OC(C)(C)C)CC3)c2)CC1. The Hall–Kier alpha value is -2.17. The number of hydrogen-bond donors (Lipinski definition) is 1. The van der Waals surface area contributed by atoms with Crippen LogP contribution < -0.4 is 5.32 Å². The van der Waals surface area contributed by atoms with Crippen molar-refractivity contribution in [2.24, 2.45) is 5.92 Å². The molecule has 0 aromatic heterocycles. The van der Waals surface area contributed by atoms with E-state index in [1.54, 1.807) is 23.1 Å². The van der Waals surface area contributed by atoms with Gasteiger partial charge in [-0.15, -0.1) is 0 Å². The molecule has 10 heteroatoms. The summed E-state index contributed by atoms with van der Waals surface area (Å²) >= 11 is 0. The highest BCUT2D eigenvalue weighted by atomic mass is 32.2. The Kier molecular flexibility index (Phi) is 8.59. The molecule has 190 valence electrons. The van der Waals surface area contributed by atoms with Gasteiger partial charge >= 0.3 is 6.09 Å². The molecule has 0 unspecified atom stereocenters. The van der Waals surface area contributed by atoms with Crippen molar-refractivity contribution in [3.05, 3.63) is 24.3 Å². The number of likely N-dealkylation sites (N-methyl/N-ethyl adjacent to an activating group) is 1. The minimum Gasteiger partial charge on any atom is -0.444 e. The lowest BCUT2D eigenvalue weighted by molar-refractivity contribution is -0.117. The maximum atomic E-state index is 13.1. The van der Waals surface area contributed by atoms with Gasteiger partial charge in [0, 0.05) is 51.4 Å². The molecule has 9 nitrogen and oxygen atoms in total. The highest BCUT2D eigenvalue weighted by molar-refractivity contribution is 7.89. The Morgan fingerprint density at radius 2 is 1.71 bits per heavy atom. The smallest absolute Gasteiger partial charge is 0.410 e. The van der Waals surface area contributed by atoms with E-state index in [4.69, 9.17) is 4.74 Å². The molecule has 2 aliphatic heterocycles. The van der Waals surface area contributed by atoms with Crippen LogP contribution in [0, 0.1) is 5.92 Å². The molecule has 34 heavy (non-hydrogen) atoms. The summed E-state index contributed by atoms with van der Waals surface area (Å²) in [6, 6.07) is 6.47. The summed E-state index contributed by atoms with van der Waals surface area (Å²) in [6.07, 6.45) is 1.47. The molecule has 0 atom stereocenters. The molecule has 0 aliphatic carbocycles. The summed E-state index contributed by atoms with van der Waals surface area (Å²) in [5.41, 5.74) is -0.0517. The molecule has 1 aromatic rings. The average molecular weight is 495 g/mol. The maximum absolute atomic E-state index is 13.1. The summed E-state index contributed by atoms with van der Waals surface area (Å²) in [4.78, 5) is 29.0. The molecule has 3 rings (SSSR count). The Bertz CT molecular complexity index is 960. The van der Waals surface area contributed by atoms with Crippen LogP contribution in [0.4, 0.5) is 10.5 Å². The normalized spacial score (nSPS) is 19.1. The van der Waals surface area contributed by atoms with Gasteiger partial charge in [-0.1, -0.05) is 13.0 Å². The Labute approximate surface area is 203 Å². The fraction of sp³-hybridized carbons (Fsp3) is 0.667. The zero-order valence-electron chi connectivity index (χ0n) is 20.7. The average Bonchev–Trinajstić information content (AvgIpc) is 2.78. The molecule has 2 saturated heterocycles. The van der Waals surface area contributed by atoms with E-state index in [1.165, 1.54) is 10.4 Å². The van der Waals surface area contributed by atoms with Crippen molar-refractivity contribution < 1.29 is 22.7 Å². The van der Waals surface area contributed by atoms with Crippen LogP contribution in [0.1, 0.15) is 47.0 Å². The molecule has 1 N–H and O–H groups in total. The van der Waals surface area contributed by atoms with Gasteiger partial charge in [-0.05, 0) is 64.3 Å². The predicted octanol–water partition coefficient (Wildman–Crippen LogP) is 2.99. The van der Waals surface area contributed by atoms with Crippen molar-refractivity contribution >= 4 is 27.7 Å². The van der Waals surface area contributed by atoms with E-state index < -0.39 is 15.6 Å². The molecule has 0 saturated carbocycles. The van der Waals surface area contributed by atoms with Crippen LogP contribution in [0.3, 0.4) is 0 Å². The van der Waals surface area contributed by atoms with Crippen LogP contribution in [0.25, 0.3) is 0 Å². The number of nitrogens with one attached hydrogen (secondary N) is 1. The van der Waals surface area contributed by atoms with E-state index >= 15 is 0 Å². The van der Waals surface area contributed by atoms with Crippen LogP contribution >= 0.6 is 0 Å². The molecule has 2 aliphatic rings. The third-order valence-corrected chi connectivity index (χ3v) is 8.17. The number of benzene rings is 1. The second-order valence-corrected chi connectivity index (χ2v) is 12.0. The molecule has 0 spiro atoms. The lowest BCUT2D eigenvalue weighted by Crippen LogP contribution is -2.48. The number of nitrogens with zero attached hydrogens (tertiary/aromatic N) is 3. The van der Waals surface area contributed by atoms with E-state index in [0.29, 0.717) is 38.3 Å². The van der Waals surface area contributed by atoms with Gasteiger partial charge in [0.2, 0.25) is 15.9 Å². The second-order valence-electron chi connectivity index (χ2n) is 10.0. The monoisotopic (exact) mass is 494 g/mol. The number of ether oxygens (including phenoxy) is 1. The number of sulfonamides is 1. The van der Waals surface area contributed by atoms with Gasteiger partial charge in [-0.25, -0.2) is 13.2 Å². The summed E-state index contributed by atoms with van der Waals surface area (Å²) in [6.45, 7) is 12.0. The number of carbonyl (C=O) groups excluding carboxylic acids is 2. The first kappa shape index (κ1) is 26.4. The second kappa shape index (κ2) is 11.0. The van der Waals surface area contributed by atoms with Gasteiger partial charge in [0.15, 0.2) is 0 Å². The molecule has 0 radical (unpaired) electrons. The summed E-state index contributed by atoms with van der Waals surface area (Å²) in [7, 11) is -3.60. The third kappa shape index (κ3) is 7.16. The van der Waals surface area contributed by atoms with Crippen LogP contribution in [0.5, 0.6) is 0 Å². The molecular weight excluding hydrogens is 456 g/mol.